The zero-order valence-corrected chi connectivity index (χ0v) is 12.4. The van der Waals surface area contributed by atoms with Gasteiger partial charge in [0.2, 0.25) is 0 Å². The zero-order chi connectivity index (χ0) is 15.6. The topological polar surface area (TPSA) is 88.5 Å². The molecule has 1 aromatic carbocycles. The molecule has 23 heavy (non-hydrogen) atoms. The number of amides is 1. The molecule has 0 spiro atoms. The summed E-state index contributed by atoms with van der Waals surface area (Å²) in [7, 11) is 0. The number of rotatable bonds is 5. The van der Waals surface area contributed by atoms with Gasteiger partial charge in [0.25, 0.3) is 5.91 Å². The standard InChI is InChI=1S/C16H16N6O/c23-16(18-8-12-7-17-10-22(12)11-5-6-11)14-4-2-1-3-13(14)15-19-9-20-21-15/h1-4,7,9-11H,5-6,8H2,(H,18,23)(H,19,20,21). The molecule has 0 unspecified atom stereocenters. The molecule has 1 saturated carbocycles. The van der Waals surface area contributed by atoms with E-state index in [9.17, 15) is 4.79 Å². The van der Waals surface area contributed by atoms with Crippen LogP contribution in [0.5, 0.6) is 0 Å². The second-order valence-corrected chi connectivity index (χ2v) is 5.59. The highest BCUT2D eigenvalue weighted by Crippen LogP contribution is 2.35. The average Bonchev–Trinajstić information content (AvgIpc) is 3.10. The molecule has 1 aliphatic rings. The highest BCUT2D eigenvalue weighted by Gasteiger charge is 2.25. The molecule has 7 heteroatoms. The van der Waals surface area contributed by atoms with Crippen LogP contribution in [0.25, 0.3) is 11.4 Å². The van der Waals surface area contributed by atoms with Crippen molar-refractivity contribution in [2.24, 2.45) is 0 Å². The Bertz CT molecular complexity index is 819. The molecule has 0 radical (unpaired) electrons. The van der Waals surface area contributed by atoms with Gasteiger partial charge in [0.1, 0.15) is 6.33 Å². The summed E-state index contributed by atoms with van der Waals surface area (Å²) in [4.78, 5) is 20.9. The van der Waals surface area contributed by atoms with E-state index in [1.165, 1.54) is 19.2 Å². The Hall–Kier alpha value is -2.96. The third-order valence-electron chi connectivity index (χ3n) is 3.96. The fourth-order valence-electron chi connectivity index (χ4n) is 2.64. The maximum Gasteiger partial charge on any atom is 0.252 e. The first-order valence-corrected chi connectivity index (χ1v) is 7.56. The first-order chi connectivity index (χ1) is 11.3. The van der Waals surface area contributed by atoms with E-state index < -0.39 is 0 Å². The molecular formula is C16H16N6O. The van der Waals surface area contributed by atoms with Gasteiger partial charge in [0.05, 0.1) is 24.1 Å². The number of carbonyl (C=O) groups excluding carboxylic acids is 1. The Kier molecular flexibility index (Phi) is 3.38. The van der Waals surface area contributed by atoms with Crippen molar-refractivity contribution in [1.82, 2.24) is 30.0 Å². The van der Waals surface area contributed by atoms with Crippen LogP contribution in [0.4, 0.5) is 0 Å². The fraction of sp³-hybridized carbons (Fsp3) is 0.250. The highest BCUT2D eigenvalue weighted by atomic mass is 16.1. The lowest BCUT2D eigenvalue weighted by Gasteiger charge is -2.10. The minimum Gasteiger partial charge on any atom is -0.346 e. The summed E-state index contributed by atoms with van der Waals surface area (Å²) in [5, 5.41) is 9.60. The molecule has 0 saturated heterocycles. The van der Waals surface area contributed by atoms with Gasteiger partial charge in [0.15, 0.2) is 5.82 Å². The van der Waals surface area contributed by atoms with Crippen molar-refractivity contribution in [2.75, 3.05) is 0 Å². The SMILES string of the molecule is O=C(NCc1cncn1C1CC1)c1ccccc1-c1ncn[nH]1. The van der Waals surface area contributed by atoms with Gasteiger partial charge in [-0.25, -0.2) is 9.97 Å². The second-order valence-electron chi connectivity index (χ2n) is 5.59. The van der Waals surface area contributed by atoms with E-state index in [1.54, 1.807) is 12.3 Å². The number of nitrogens with zero attached hydrogens (tertiary/aromatic N) is 4. The highest BCUT2D eigenvalue weighted by molar-refractivity contribution is 6.00. The number of imidazole rings is 1. The van der Waals surface area contributed by atoms with Crippen molar-refractivity contribution >= 4 is 5.91 Å². The van der Waals surface area contributed by atoms with Gasteiger partial charge in [0, 0.05) is 17.8 Å². The maximum absolute atomic E-state index is 12.5. The van der Waals surface area contributed by atoms with Crippen LogP contribution in [-0.4, -0.2) is 30.6 Å². The van der Waals surface area contributed by atoms with Gasteiger partial charge in [-0.1, -0.05) is 18.2 Å². The maximum atomic E-state index is 12.5. The number of hydrogen-bond acceptors (Lipinski definition) is 4. The first kappa shape index (κ1) is 13.7. The first-order valence-electron chi connectivity index (χ1n) is 7.56. The zero-order valence-electron chi connectivity index (χ0n) is 12.4. The predicted molar refractivity (Wildman–Crippen MR) is 83.5 cm³/mol. The van der Waals surface area contributed by atoms with E-state index in [0.717, 1.165) is 11.3 Å². The molecule has 1 amide bonds. The lowest BCUT2D eigenvalue weighted by molar-refractivity contribution is 0.0950. The Morgan fingerprint density at radius 3 is 3.00 bits per heavy atom. The predicted octanol–water partition coefficient (Wildman–Crippen LogP) is 1.93. The molecule has 116 valence electrons. The molecule has 2 aromatic heterocycles. The largest absolute Gasteiger partial charge is 0.346 e. The normalized spacial score (nSPS) is 13.9. The van der Waals surface area contributed by atoms with Crippen molar-refractivity contribution < 1.29 is 4.79 Å². The Labute approximate surface area is 132 Å². The van der Waals surface area contributed by atoms with Crippen LogP contribution < -0.4 is 5.32 Å². The van der Waals surface area contributed by atoms with Crippen molar-refractivity contribution in [1.29, 1.82) is 0 Å². The molecular weight excluding hydrogens is 292 g/mol. The van der Waals surface area contributed by atoms with Crippen molar-refractivity contribution in [3.8, 4) is 11.4 Å². The Morgan fingerprint density at radius 2 is 2.22 bits per heavy atom. The van der Waals surface area contributed by atoms with Crippen LogP contribution in [0.1, 0.15) is 34.9 Å². The summed E-state index contributed by atoms with van der Waals surface area (Å²) in [6.45, 7) is 0.458. The summed E-state index contributed by atoms with van der Waals surface area (Å²) in [5.74, 6) is 0.444. The third-order valence-corrected chi connectivity index (χ3v) is 3.96. The summed E-state index contributed by atoms with van der Waals surface area (Å²) in [6.07, 6.45) is 7.44. The van der Waals surface area contributed by atoms with Gasteiger partial charge < -0.3 is 9.88 Å². The molecule has 0 bridgehead atoms. The molecule has 2 N–H and O–H groups in total. The van der Waals surface area contributed by atoms with Gasteiger partial charge in [-0.2, -0.15) is 5.10 Å². The van der Waals surface area contributed by atoms with Gasteiger partial charge >= 0.3 is 0 Å². The molecule has 2 heterocycles. The average molecular weight is 308 g/mol. The number of hydrogen-bond donors (Lipinski definition) is 2. The molecule has 7 nitrogen and oxygen atoms in total. The summed E-state index contributed by atoms with van der Waals surface area (Å²) < 4.78 is 2.14. The van der Waals surface area contributed by atoms with Crippen molar-refractivity contribution in [3.63, 3.8) is 0 Å². The third kappa shape index (κ3) is 2.73. The smallest absolute Gasteiger partial charge is 0.252 e. The summed E-state index contributed by atoms with van der Waals surface area (Å²) in [6, 6.07) is 7.89. The van der Waals surface area contributed by atoms with Crippen LogP contribution in [0.3, 0.4) is 0 Å². The monoisotopic (exact) mass is 308 g/mol. The molecule has 0 atom stereocenters. The Morgan fingerprint density at radius 1 is 1.35 bits per heavy atom. The van der Waals surface area contributed by atoms with Gasteiger partial charge in [-0.15, -0.1) is 0 Å². The van der Waals surface area contributed by atoms with Crippen LogP contribution in [-0.2, 0) is 6.54 Å². The van der Waals surface area contributed by atoms with Crippen LogP contribution in [0.2, 0.25) is 0 Å². The fourth-order valence-corrected chi connectivity index (χ4v) is 2.64. The lowest BCUT2D eigenvalue weighted by atomic mass is 10.1. The minimum atomic E-state index is -0.138. The van der Waals surface area contributed by atoms with Gasteiger partial charge in [-0.05, 0) is 18.9 Å². The molecule has 0 aliphatic heterocycles. The summed E-state index contributed by atoms with van der Waals surface area (Å²) in [5.41, 5.74) is 2.33. The van der Waals surface area contributed by atoms with E-state index in [0.29, 0.717) is 24.0 Å². The molecule has 4 rings (SSSR count). The number of aromatic amines is 1. The van der Waals surface area contributed by atoms with E-state index in [-0.39, 0.29) is 5.91 Å². The van der Waals surface area contributed by atoms with E-state index in [2.05, 4.69) is 30.0 Å². The van der Waals surface area contributed by atoms with Gasteiger partial charge in [-0.3, -0.25) is 9.89 Å². The lowest BCUT2D eigenvalue weighted by Crippen LogP contribution is -2.24. The van der Waals surface area contributed by atoms with Crippen LogP contribution >= 0.6 is 0 Å². The number of nitrogens with one attached hydrogen (secondary N) is 2. The molecule has 1 aliphatic carbocycles. The van der Waals surface area contributed by atoms with Crippen LogP contribution in [0.15, 0.2) is 43.1 Å². The quantitative estimate of drug-likeness (QED) is 0.754. The number of aromatic nitrogens is 5. The Balaban J connectivity index is 1.52. The summed E-state index contributed by atoms with van der Waals surface area (Å²) >= 11 is 0. The second kappa shape index (κ2) is 5.68. The molecule has 1 fully saturated rings. The number of carbonyl (C=O) groups is 1. The number of H-pyrrole nitrogens is 1. The minimum absolute atomic E-state index is 0.138. The van der Waals surface area contributed by atoms with E-state index in [4.69, 9.17) is 0 Å². The van der Waals surface area contributed by atoms with Crippen molar-refractivity contribution in [3.05, 3.63) is 54.4 Å². The molecule has 3 aromatic rings. The number of benzene rings is 1. The van der Waals surface area contributed by atoms with E-state index >= 15 is 0 Å². The van der Waals surface area contributed by atoms with E-state index in [1.807, 2.05) is 24.5 Å². The van der Waals surface area contributed by atoms with Crippen LogP contribution in [0, 0.1) is 0 Å². The van der Waals surface area contributed by atoms with Crippen molar-refractivity contribution in [2.45, 2.75) is 25.4 Å².